The Balaban J connectivity index is 1.62. The molecular weight excluding hydrogens is 390 g/mol. The molecule has 1 N–H and O–H groups in total. The molecule has 0 radical (unpaired) electrons. The van der Waals surface area contributed by atoms with E-state index in [0.29, 0.717) is 22.3 Å². The molecule has 9 heteroatoms. The number of aryl methyl sites for hydroxylation is 3. The summed E-state index contributed by atoms with van der Waals surface area (Å²) >= 11 is 1.42. The van der Waals surface area contributed by atoms with Gasteiger partial charge in [-0.05, 0) is 44.2 Å². The summed E-state index contributed by atoms with van der Waals surface area (Å²) in [4.78, 5) is 33.1. The van der Waals surface area contributed by atoms with E-state index in [9.17, 15) is 9.59 Å². The predicted molar refractivity (Wildman–Crippen MR) is 111 cm³/mol. The number of benzene rings is 1. The van der Waals surface area contributed by atoms with Crippen molar-refractivity contribution in [3.05, 3.63) is 46.8 Å². The minimum atomic E-state index is -0.500. The van der Waals surface area contributed by atoms with Crippen LogP contribution in [-0.4, -0.2) is 44.3 Å². The molecule has 29 heavy (non-hydrogen) atoms. The van der Waals surface area contributed by atoms with E-state index in [1.54, 1.807) is 10.6 Å². The van der Waals surface area contributed by atoms with Crippen molar-refractivity contribution in [3.63, 3.8) is 0 Å². The zero-order valence-electron chi connectivity index (χ0n) is 16.9. The Morgan fingerprint density at radius 3 is 2.76 bits per heavy atom. The lowest BCUT2D eigenvalue weighted by Crippen LogP contribution is -2.22. The summed E-state index contributed by atoms with van der Waals surface area (Å²) in [7, 11) is 0. The second-order valence-corrected chi connectivity index (χ2v) is 7.28. The average Bonchev–Trinajstić information content (AvgIpc) is 3.13. The largest absolute Gasteiger partial charge is 0.455 e. The molecule has 0 fully saturated rings. The van der Waals surface area contributed by atoms with Gasteiger partial charge < -0.3 is 10.1 Å². The Labute approximate surface area is 173 Å². The van der Waals surface area contributed by atoms with E-state index in [2.05, 4.69) is 20.4 Å². The second kappa shape index (κ2) is 9.04. The van der Waals surface area contributed by atoms with E-state index in [-0.39, 0.29) is 18.9 Å². The first-order chi connectivity index (χ1) is 13.9. The van der Waals surface area contributed by atoms with E-state index in [0.717, 1.165) is 23.2 Å². The van der Waals surface area contributed by atoms with Crippen LogP contribution < -0.4 is 5.32 Å². The highest BCUT2D eigenvalue weighted by Gasteiger charge is 2.17. The molecule has 3 aromatic rings. The molecule has 2 aromatic heterocycles. The molecule has 0 atom stereocenters. The van der Waals surface area contributed by atoms with Crippen molar-refractivity contribution in [1.29, 1.82) is 0 Å². The van der Waals surface area contributed by atoms with Crippen molar-refractivity contribution in [2.75, 3.05) is 18.2 Å². The number of thioether (sulfide) groups is 1. The molecule has 0 bridgehead atoms. The van der Waals surface area contributed by atoms with E-state index < -0.39 is 5.97 Å². The van der Waals surface area contributed by atoms with Gasteiger partial charge in [-0.1, -0.05) is 30.8 Å². The molecule has 8 nitrogen and oxygen atoms in total. The molecule has 0 saturated heterocycles. The van der Waals surface area contributed by atoms with Crippen molar-refractivity contribution in [2.45, 2.75) is 38.8 Å². The first-order valence-electron chi connectivity index (χ1n) is 9.22. The van der Waals surface area contributed by atoms with E-state index in [1.807, 2.05) is 45.2 Å². The molecule has 152 valence electrons. The maximum absolute atomic E-state index is 12.3. The number of amides is 1. The molecule has 0 unspecified atom stereocenters. The van der Waals surface area contributed by atoms with Crippen LogP contribution in [0.15, 0.2) is 29.4 Å². The molecular formula is C20H23N5O3S. The Morgan fingerprint density at radius 1 is 1.24 bits per heavy atom. The second-order valence-electron chi connectivity index (χ2n) is 6.51. The number of esters is 1. The molecule has 0 aliphatic heterocycles. The van der Waals surface area contributed by atoms with Crippen LogP contribution in [0.3, 0.4) is 0 Å². The molecule has 3 rings (SSSR count). The number of anilines is 1. The summed E-state index contributed by atoms with van der Waals surface area (Å²) < 4.78 is 6.78. The van der Waals surface area contributed by atoms with Gasteiger partial charge in [-0.2, -0.15) is 4.98 Å². The van der Waals surface area contributed by atoms with Gasteiger partial charge in [-0.15, -0.1) is 5.10 Å². The monoisotopic (exact) mass is 413 g/mol. The standard InChI is InChI=1S/C20H23N5O3S/c1-5-14-7-6-8-15(9-14)22-17(26)11-28-18(27)10-16-12(2)21-19-23-20(29-4)24-25(19)13(16)3/h6-9H,5,10-11H2,1-4H3,(H,22,26). The van der Waals surface area contributed by atoms with Crippen LogP contribution in [0.5, 0.6) is 0 Å². The highest BCUT2D eigenvalue weighted by atomic mass is 32.2. The highest BCUT2D eigenvalue weighted by Crippen LogP contribution is 2.17. The van der Waals surface area contributed by atoms with E-state index in [1.165, 1.54) is 11.8 Å². The Kier molecular flexibility index (Phi) is 6.48. The maximum atomic E-state index is 12.3. The van der Waals surface area contributed by atoms with Crippen molar-refractivity contribution < 1.29 is 14.3 Å². The SMILES string of the molecule is CCc1cccc(NC(=O)COC(=O)Cc2c(C)nc3nc(SC)nn3c2C)c1. The van der Waals surface area contributed by atoms with Crippen LogP contribution in [0.25, 0.3) is 5.78 Å². The molecule has 0 aliphatic carbocycles. The number of aromatic nitrogens is 4. The lowest BCUT2D eigenvalue weighted by Gasteiger charge is -2.11. The Hall–Kier alpha value is -2.94. The smallest absolute Gasteiger partial charge is 0.310 e. The third kappa shape index (κ3) is 4.92. The maximum Gasteiger partial charge on any atom is 0.310 e. The topological polar surface area (TPSA) is 98.5 Å². The fourth-order valence-corrected chi connectivity index (χ4v) is 3.28. The van der Waals surface area contributed by atoms with Crippen LogP contribution >= 0.6 is 11.8 Å². The number of hydrogen-bond acceptors (Lipinski definition) is 7. The summed E-state index contributed by atoms with van der Waals surface area (Å²) in [5.41, 5.74) is 3.98. The highest BCUT2D eigenvalue weighted by molar-refractivity contribution is 7.98. The normalized spacial score (nSPS) is 10.9. The average molecular weight is 414 g/mol. The predicted octanol–water partition coefficient (Wildman–Crippen LogP) is 2.75. The first kappa shape index (κ1) is 20.8. The molecule has 1 amide bonds. The first-order valence-corrected chi connectivity index (χ1v) is 10.4. The van der Waals surface area contributed by atoms with Gasteiger partial charge in [0.15, 0.2) is 6.61 Å². The van der Waals surface area contributed by atoms with Crippen molar-refractivity contribution in [1.82, 2.24) is 19.6 Å². The summed E-state index contributed by atoms with van der Waals surface area (Å²) in [6.45, 7) is 5.37. The lowest BCUT2D eigenvalue weighted by molar-refractivity contribution is -0.146. The molecule has 0 spiro atoms. The van der Waals surface area contributed by atoms with Gasteiger partial charge in [0.25, 0.3) is 11.7 Å². The van der Waals surface area contributed by atoms with Crippen LogP contribution in [0.1, 0.15) is 29.4 Å². The number of hydrogen-bond donors (Lipinski definition) is 1. The lowest BCUT2D eigenvalue weighted by atomic mass is 10.1. The van der Waals surface area contributed by atoms with Gasteiger partial charge in [0.05, 0.1) is 6.42 Å². The Bertz CT molecular complexity index is 1060. The zero-order valence-corrected chi connectivity index (χ0v) is 17.7. The van der Waals surface area contributed by atoms with Gasteiger partial charge in [0.1, 0.15) is 0 Å². The van der Waals surface area contributed by atoms with Gasteiger partial charge in [0.2, 0.25) is 5.16 Å². The number of carbonyl (C=O) groups is 2. The summed E-state index contributed by atoms with van der Waals surface area (Å²) in [6, 6.07) is 7.56. The number of carbonyl (C=O) groups excluding carboxylic acids is 2. The van der Waals surface area contributed by atoms with Crippen molar-refractivity contribution in [3.8, 4) is 0 Å². The summed E-state index contributed by atoms with van der Waals surface area (Å²) in [5, 5.41) is 7.72. The van der Waals surface area contributed by atoms with E-state index in [4.69, 9.17) is 4.74 Å². The van der Waals surface area contributed by atoms with Crippen LogP contribution in [0.4, 0.5) is 5.69 Å². The minimum Gasteiger partial charge on any atom is -0.455 e. The van der Waals surface area contributed by atoms with Gasteiger partial charge in [-0.3, -0.25) is 9.59 Å². The minimum absolute atomic E-state index is 0.00761. The van der Waals surface area contributed by atoms with Gasteiger partial charge in [-0.25, -0.2) is 9.50 Å². The molecule has 1 aromatic carbocycles. The van der Waals surface area contributed by atoms with Crippen LogP contribution in [-0.2, 0) is 27.2 Å². The number of rotatable bonds is 7. The zero-order chi connectivity index (χ0) is 21.0. The Morgan fingerprint density at radius 2 is 2.03 bits per heavy atom. The number of nitrogens with zero attached hydrogens (tertiary/aromatic N) is 4. The quantitative estimate of drug-likeness (QED) is 0.470. The fourth-order valence-electron chi connectivity index (χ4n) is 2.94. The summed E-state index contributed by atoms with van der Waals surface area (Å²) in [5.74, 6) is -0.385. The molecule has 0 saturated carbocycles. The number of fused-ring (bicyclic) bond motifs is 1. The third-order valence-corrected chi connectivity index (χ3v) is 5.05. The summed E-state index contributed by atoms with van der Waals surface area (Å²) in [6.07, 6.45) is 2.77. The number of nitrogens with one attached hydrogen (secondary N) is 1. The van der Waals surface area contributed by atoms with Crippen LogP contribution in [0.2, 0.25) is 0 Å². The van der Waals surface area contributed by atoms with Crippen molar-refractivity contribution >= 4 is 35.1 Å². The van der Waals surface area contributed by atoms with Gasteiger partial charge >= 0.3 is 5.97 Å². The third-order valence-electron chi connectivity index (χ3n) is 4.52. The number of ether oxygens (including phenoxy) is 1. The molecule has 2 heterocycles. The van der Waals surface area contributed by atoms with Gasteiger partial charge in [0, 0.05) is 22.6 Å². The van der Waals surface area contributed by atoms with E-state index >= 15 is 0 Å². The fraction of sp³-hybridized carbons (Fsp3) is 0.350. The molecule has 0 aliphatic rings. The van der Waals surface area contributed by atoms with Crippen LogP contribution in [0, 0.1) is 13.8 Å². The van der Waals surface area contributed by atoms with Crippen molar-refractivity contribution in [2.24, 2.45) is 0 Å².